The van der Waals surface area contributed by atoms with Crippen molar-refractivity contribution in [2.24, 2.45) is 5.92 Å². The van der Waals surface area contributed by atoms with E-state index in [-0.39, 0.29) is 48.6 Å². The standard InChI is InChI=1S/C26H32N4O6S/c1-3-36-25(34)18-10-12-29(13-11-18)23(32)14-19-16-37-26(27-19)28-22(31)15-30(20-6-7-20)24(33)17-4-8-21(35-2)9-5-17/h4-5,8-9,16,18,20H,3,6-7,10-15H2,1-2H3,(H,27,28,31). The van der Waals surface area contributed by atoms with Gasteiger partial charge in [0.2, 0.25) is 11.8 Å². The summed E-state index contributed by atoms with van der Waals surface area (Å²) in [6.07, 6.45) is 3.05. The number of anilines is 1. The van der Waals surface area contributed by atoms with Gasteiger partial charge in [-0.15, -0.1) is 11.3 Å². The molecule has 1 saturated heterocycles. The van der Waals surface area contributed by atoms with E-state index in [0.717, 1.165) is 12.8 Å². The summed E-state index contributed by atoms with van der Waals surface area (Å²) < 4.78 is 10.2. The summed E-state index contributed by atoms with van der Waals surface area (Å²) in [5, 5.41) is 4.90. The molecular weight excluding hydrogens is 496 g/mol. The number of methoxy groups -OCH3 is 1. The van der Waals surface area contributed by atoms with E-state index in [1.807, 2.05) is 0 Å². The van der Waals surface area contributed by atoms with Crippen molar-refractivity contribution in [1.29, 1.82) is 0 Å². The quantitative estimate of drug-likeness (QED) is 0.471. The van der Waals surface area contributed by atoms with E-state index in [1.165, 1.54) is 11.3 Å². The second-order valence-corrected chi connectivity index (χ2v) is 10.0. The number of carbonyl (C=O) groups is 4. The Hall–Kier alpha value is -3.47. The van der Waals surface area contributed by atoms with Crippen molar-refractivity contribution in [2.75, 3.05) is 38.7 Å². The molecule has 2 aliphatic rings. The van der Waals surface area contributed by atoms with Gasteiger partial charge in [0.1, 0.15) is 12.3 Å². The third-order valence-corrected chi connectivity index (χ3v) is 7.30. The van der Waals surface area contributed by atoms with Crippen LogP contribution in [-0.2, 0) is 25.5 Å². The van der Waals surface area contributed by atoms with Gasteiger partial charge in [-0.1, -0.05) is 0 Å². The van der Waals surface area contributed by atoms with Crippen molar-refractivity contribution in [3.8, 4) is 5.75 Å². The fraction of sp³-hybridized carbons (Fsp3) is 0.500. The molecule has 1 saturated carbocycles. The molecule has 37 heavy (non-hydrogen) atoms. The van der Waals surface area contributed by atoms with Gasteiger partial charge < -0.3 is 24.6 Å². The normalized spacial score (nSPS) is 15.7. The van der Waals surface area contributed by atoms with E-state index in [9.17, 15) is 19.2 Å². The zero-order chi connectivity index (χ0) is 26.4. The number of thiazole rings is 1. The van der Waals surface area contributed by atoms with Crippen LogP contribution in [0.2, 0.25) is 0 Å². The summed E-state index contributed by atoms with van der Waals surface area (Å²) in [4.78, 5) is 58.1. The molecule has 1 aromatic heterocycles. The van der Waals surface area contributed by atoms with Crippen molar-refractivity contribution < 1.29 is 28.7 Å². The number of hydrogen-bond donors (Lipinski definition) is 1. The smallest absolute Gasteiger partial charge is 0.309 e. The number of benzene rings is 1. The highest BCUT2D eigenvalue weighted by molar-refractivity contribution is 7.13. The highest BCUT2D eigenvalue weighted by Crippen LogP contribution is 2.29. The van der Waals surface area contributed by atoms with Gasteiger partial charge in [-0.2, -0.15) is 0 Å². The number of ether oxygens (including phenoxy) is 2. The average molecular weight is 529 g/mol. The molecule has 0 atom stereocenters. The second-order valence-electron chi connectivity index (χ2n) is 9.17. The minimum Gasteiger partial charge on any atom is -0.497 e. The van der Waals surface area contributed by atoms with Gasteiger partial charge >= 0.3 is 5.97 Å². The Morgan fingerprint density at radius 1 is 1.11 bits per heavy atom. The summed E-state index contributed by atoms with van der Waals surface area (Å²) in [7, 11) is 1.56. The van der Waals surface area contributed by atoms with Crippen LogP contribution in [0.4, 0.5) is 5.13 Å². The molecule has 198 valence electrons. The first-order chi connectivity index (χ1) is 17.9. The molecule has 1 aliphatic heterocycles. The number of amides is 3. The summed E-state index contributed by atoms with van der Waals surface area (Å²) in [5.41, 5.74) is 1.08. The summed E-state index contributed by atoms with van der Waals surface area (Å²) in [6.45, 7) is 3.09. The van der Waals surface area contributed by atoms with Crippen LogP contribution in [0.5, 0.6) is 5.75 Å². The first-order valence-electron chi connectivity index (χ1n) is 12.5. The molecule has 0 radical (unpaired) electrons. The van der Waals surface area contributed by atoms with Crippen LogP contribution < -0.4 is 10.1 Å². The third kappa shape index (κ3) is 7.06. The topological polar surface area (TPSA) is 118 Å². The van der Waals surface area contributed by atoms with Crippen LogP contribution in [0.3, 0.4) is 0 Å². The van der Waals surface area contributed by atoms with E-state index in [1.54, 1.807) is 53.5 Å². The predicted molar refractivity (Wildman–Crippen MR) is 137 cm³/mol. The number of nitrogens with one attached hydrogen (secondary N) is 1. The number of carbonyl (C=O) groups excluding carboxylic acids is 4. The molecule has 2 aromatic rings. The molecule has 11 heteroatoms. The SMILES string of the molecule is CCOC(=O)C1CCN(C(=O)Cc2csc(NC(=O)CN(C(=O)c3ccc(OC)cc3)C3CC3)n2)CC1. The Labute approximate surface area is 219 Å². The monoisotopic (exact) mass is 528 g/mol. The van der Waals surface area contributed by atoms with Crippen LogP contribution in [-0.4, -0.2) is 77.9 Å². The zero-order valence-electron chi connectivity index (χ0n) is 21.1. The number of nitrogens with zero attached hydrogens (tertiary/aromatic N) is 3. The number of hydrogen-bond acceptors (Lipinski definition) is 8. The van der Waals surface area contributed by atoms with E-state index in [2.05, 4.69) is 10.3 Å². The van der Waals surface area contributed by atoms with Gasteiger partial charge in [-0.25, -0.2) is 4.98 Å². The molecule has 10 nitrogen and oxygen atoms in total. The molecule has 2 heterocycles. The Bertz CT molecular complexity index is 1120. The summed E-state index contributed by atoms with van der Waals surface area (Å²) in [5.74, 6) is -0.279. The largest absolute Gasteiger partial charge is 0.497 e. The van der Waals surface area contributed by atoms with E-state index in [4.69, 9.17) is 9.47 Å². The molecular formula is C26H32N4O6S. The molecule has 0 spiro atoms. The minimum atomic E-state index is -0.331. The lowest BCUT2D eigenvalue weighted by atomic mass is 9.97. The van der Waals surface area contributed by atoms with Gasteiger partial charge in [-0.05, 0) is 56.9 Å². The number of likely N-dealkylation sites (tertiary alicyclic amines) is 1. The minimum absolute atomic E-state index is 0.0535. The Balaban J connectivity index is 1.27. The Kier molecular flexibility index (Phi) is 8.75. The van der Waals surface area contributed by atoms with Crippen molar-refractivity contribution >= 4 is 40.2 Å². The van der Waals surface area contributed by atoms with Crippen LogP contribution in [0.15, 0.2) is 29.6 Å². The molecule has 3 amide bonds. The molecule has 4 rings (SSSR count). The molecule has 1 N–H and O–H groups in total. The van der Waals surface area contributed by atoms with E-state index in [0.29, 0.717) is 54.7 Å². The average Bonchev–Trinajstić information content (AvgIpc) is 3.67. The zero-order valence-corrected chi connectivity index (χ0v) is 21.9. The highest BCUT2D eigenvalue weighted by Gasteiger charge is 2.34. The van der Waals surface area contributed by atoms with Crippen LogP contribution in [0.25, 0.3) is 0 Å². The molecule has 1 aromatic carbocycles. The Morgan fingerprint density at radius 3 is 2.43 bits per heavy atom. The first-order valence-corrected chi connectivity index (χ1v) is 13.4. The van der Waals surface area contributed by atoms with E-state index < -0.39 is 0 Å². The lowest BCUT2D eigenvalue weighted by molar-refractivity contribution is -0.151. The number of esters is 1. The predicted octanol–water partition coefficient (Wildman–Crippen LogP) is 2.74. The van der Waals surface area contributed by atoms with Crippen molar-refractivity contribution in [3.63, 3.8) is 0 Å². The molecule has 2 fully saturated rings. The van der Waals surface area contributed by atoms with Crippen LogP contribution >= 0.6 is 11.3 Å². The van der Waals surface area contributed by atoms with Crippen molar-refractivity contribution in [1.82, 2.24) is 14.8 Å². The van der Waals surface area contributed by atoms with Crippen molar-refractivity contribution in [3.05, 3.63) is 40.9 Å². The number of aromatic nitrogens is 1. The van der Waals surface area contributed by atoms with Gasteiger partial charge in [0, 0.05) is 30.1 Å². The van der Waals surface area contributed by atoms with Gasteiger partial charge in [0.25, 0.3) is 5.91 Å². The second kappa shape index (κ2) is 12.2. The lowest BCUT2D eigenvalue weighted by Gasteiger charge is -2.30. The Morgan fingerprint density at radius 2 is 1.81 bits per heavy atom. The van der Waals surface area contributed by atoms with Crippen molar-refractivity contribution in [2.45, 2.75) is 45.1 Å². The summed E-state index contributed by atoms with van der Waals surface area (Å²) >= 11 is 1.24. The maximum atomic E-state index is 13.0. The number of piperidine rings is 1. The molecule has 0 unspecified atom stereocenters. The maximum absolute atomic E-state index is 13.0. The maximum Gasteiger partial charge on any atom is 0.309 e. The fourth-order valence-electron chi connectivity index (χ4n) is 4.30. The van der Waals surface area contributed by atoms with Crippen LogP contribution in [0.1, 0.15) is 48.7 Å². The van der Waals surface area contributed by atoms with Crippen LogP contribution in [0, 0.1) is 5.92 Å². The molecule has 1 aliphatic carbocycles. The van der Waals surface area contributed by atoms with E-state index >= 15 is 0 Å². The molecule has 0 bridgehead atoms. The summed E-state index contributed by atoms with van der Waals surface area (Å²) in [6, 6.07) is 6.88. The highest BCUT2D eigenvalue weighted by atomic mass is 32.1. The number of rotatable bonds is 10. The van der Waals surface area contributed by atoms with Gasteiger partial charge in [-0.3, -0.25) is 19.2 Å². The first kappa shape index (κ1) is 26.6. The lowest BCUT2D eigenvalue weighted by Crippen LogP contribution is -2.41. The van der Waals surface area contributed by atoms with Gasteiger partial charge in [0.05, 0.1) is 31.7 Å². The third-order valence-electron chi connectivity index (χ3n) is 6.50. The fourth-order valence-corrected chi connectivity index (χ4v) is 5.03. The van der Waals surface area contributed by atoms with Gasteiger partial charge in [0.15, 0.2) is 5.13 Å².